The minimum atomic E-state index is -1.03. The van der Waals surface area contributed by atoms with Crippen molar-refractivity contribution in [1.82, 2.24) is 0 Å². The van der Waals surface area contributed by atoms with Gasteiger partial charge in [-0.2, -0.15) is 0 Å². The molecule has 8 atom stereocenters. The van der Waals surface area contributed by atoms with Gasteiger partial charge in [0.05, 0.1) is 11.2 Å². The summed E-state index contributed by atoms with van der Waals surface area (Å²) < 4.78 is 0. The smallest absolute Gasteiger partial charge is 0.0984 e. The Kier molecular flexibility index (Phi) is 4.55. The molecule has 0 unspecified atom stereocenters. The first-order chi connectivity index (χ1) is 9.90. The highest BCUT2D eigenvalue weighted by Crippen LogP contribution is 2.61. The molecule has 2 heteroatoms. The van der Waals surface area contributed by atoms with Gasteiger partial charge in [0.25, 0.3) is 0 Å². The van der Waals surface area contributed by atoms with E-state index in [-0.39, 0.29) is 17.3 Å². The molecule has 0 amide bonds. The van der Waals surface area contributed by atoms with Crippen molar-refractivity contribution in [3.05, 3.63) is 0 Å². The maximum absolute atomic E-state index is 11.7. The fraction of sp³-hybridized carbons (Fsp3) is 1.00. The molecule has 2 aliphatic rings. The molecule has 2 fully saturated rings. The predicted octanol–water partition coefficient (Wildman–Crippen LogP) is 4.49. The van der Waals surface area contributed by atoms with Crippen LogP contribution in [0.25, 0.3) is 0 Å². The SMILES string of the molecule is CC[C@@](C)(O)[C@@]1(O)[C@@H](C)CC(C)(C)[C@H]2C[C@H](C)[C@H](C)[C@H]2[C@@H]1C. The van der Waals surface area contributed by atoms with Crippen molar-refractivity contribution in [2.24, 2.45) is 40.9 Å². The summed E-state index contributed by atoms with van der Waals surface area (Å²) in [6.45, 7) is 17.7. The first kappa shape index (κ1) is 18.3. The fourth-order valence-corrected chi connectivity index (χ4v) is 6.30. The highest BCUT2D eigenvalue weighted by atomic mass is 16.4. The van der Waals surface area contributed by atoms with Gasteiger partial charge < -0.3 is 10.2 Å². The quantitative estimate of drug-likeness (QED) is 0.789. The molecular weight excluding hydrogens is 272 g/mol. The largest absolute Gasteiger partial charge is 0.387 e. The number of rotatable bonds is 2. The maximum atomic E-state index is 11.7. The lowest BCUT2D eigenvalue weighted by Crippen LogP contribution is -2.61. The monoisotopic (exact) mass is 310 g/mol. The highest BCUT2D eigenvalue weighted by Gasteiger charge is 2.62. The van der Waals surface area contributed by atoms with Gasteiger partial charge in [-0.1, -0.05) is 48.5 Å². The van der Waals surface area contributed by atoms with Gasteiger partial charge in [-0.15, -0.1) is 0 Å². The van der Waals surface area contributed by atoms with E-state index >= 15 is 0 Å². The summed E-state index contributed by atoms with van der Waals surface area (Å²) in [6.07, 6.45) is 2.85. The Morgan fingerprint density at radius 2 is 1.68 bits per heavy atom. The normalized spacial score (nSPS) is 51.0. The van der Waals surface area contributed by atoms with E-state index in [0.717, 1.165) is 6.42 Å². The van der Waals surface area contributed by atoms with E-state index in [9.17, 15) is 10.2 Å². The van der Waals surface area contributed by atoms with E-state index in [1.807, 2.05) is 13.8 Å². The Morgan fingerprint density at radius 1 is 1.14 bits per heavy atom. The van der Waals surface area contributed by atoms with Crippen LogP contribution in [0.2, 0.25) is 0 Å². The van der Waals surface area contributed by atoms with Gasteiger partial charge >= 0.3 is 0 Å². The van der Waals surface area contributed by atoms with E-state index < -0.39 is 11.2 Å². The Morgan fingerprint density at radius 3 is 2.18 bits per heavy atom. The first-order valence-corrected chi connectivity index (χ1v) is 9.34. The number of hydrogen-bond donors (Lipinski definition) is 2. The lowest BCUT2D eigenvalue weighted by Gasteiger charge is -2.50. The molecule has 0 aromatic heterocycles. The van der Waals surface area contributed by atoms with Gasteiger partial charge in [-0.3, -0.25) is 0 Å². The molecule has 22 heavy (non-hydrogen) atoms. The standard InChI is InChI=1S/C20H38O2/c1-9-19(8,21)20(22)13(3)11-18(6,7)16-10-12(2)14(4)17(16)15(20)5/h12-17,21-22H,9-11H2,1-8H3/t12-,13-,14-,15-,16-,17-,19+,20+/m0/s1. The average molecular weight is 311 g/mol. The molecule has 0 spiro atoms. The Balaban J connectivity index is 2.55. The van der Waals surface area contributed by atoms with Gasteiger partial charge in [-0.05, 0) is 67.1 Å². The average Bonchev–Trinajstić information content (AvgIpc) is 2.70. The van der Waals surface area contributed by atoms with Crippen molar-refractivity contribution in [2.45, 2.75) is 85.9 Å². The Bertz CT molecular complexity index is 414. The molecule has 0 radical (unpaired) electrons. The molecule has 2 aliphatic carbocycles. The second kappa shape index (κ2) is 5.48. The van der Waals surface area contributed by atoms with Crippen molar-refractivity contribution < 1.29 is 10.2 Å². The zero-order valence-corrected chi connectivity index (χ0v) is 16.0. The molecule has 2 rings (SSSR count). The van der Waals surface area contributed by atoms with Crippen LogP contribution in [-0.4, -0.2) is 21.4 Å². The summed E-state index contributed by atoms with van der Waals surface area (Å²) in [5.41, 5.74) is -1.80. The van der Waals surface area contributed by atoms with E-state index in [1.165, 1.54) is 6.42 Å². The van der Waals surface area contributed by atoms with Crippen molar-refractivity contribution in [3.8, 4) is 0 Å². The summed E-state index contributed by atoms with van der Waals surface area (Å²) in [7, 11) is 0. The molecule has 0 bridgehead atoms. The van der Waals surface area contributed by atoms with Crippen molar-refractivity contribution in [2.75, 3.05) is 0 Å². The van der Waals surface area contributed by atoms with Crippen LogP contribution in [0.4, 0.5) is 0 Å². The molecule has 2 nitrogen and oxygen atoms in total. The first-order valence-electron chi connectivity index (χ1n) is 9.34. The van der Waals surface area contributed by atoms with Gasteiger partial charge in [-0.25, -0.2) is 0 Å². The molecule has 0 heterocycles. The zero-order valence-electron chi connectivity index (χ0n) is 16.0. The van der Waals surface area contributed by atoms with Gasteiger partial charge in [0.2, 0.25) is 0 Å². The summed E-state index contributed by atoms with van der Waals surface area (Å²) in [6, 6.07) is 0. The van der Waals surface area contributed by atoms with Gasteiger partial charge in [0, 0.05) is 0 Å². The van der Waals surface area contributed by atoms with E-state index in [1.54, 1.807) is 0 Å². The van der Waals surface area contributed by atoms with Crippen LogP contribution in [0.3, 0.4) is 0 Å². The Labute approximate surface area is 137 Å². The lowest BCUT2D eigenvalue weighted by molar-refractivity contribution is -0.208. The van der Waals surface area contributed by atoms with Crippen LogP contribution in [0.1, 0.15) is 74.7 Å². The lowest BCUT2D eigenvalue weighted by atomic mass is 9.62. The highest BCUT2D eigenvalue weighted by molar-refractivity contribution is 5.11. The van der Waals surface area contributed by atoms with E-state index in [0.29, 0.717) is 30.1 Å². The third-order valence-electron chi connectivity index (χ3n) is 8.01. The number of fused-ring (bicyclic) bond motifs is 1. The summed E-state index contributed by atoms with van der Waals surface area (Å²) in [4.78, 5) is 0. The van der Waals surface area contributed by atoms with Gasteiger partial charge in [0.15, 0.2) is 0 Å². The van der Waals surface area contributed by atoms with Crippen molar-refractivity contribution in [3.63, 3.8) is 0 Å². The molecule has 0 saturated heterocycles. The van der Waals surface area contributed by atoms with Crippen LogP contribution in [0.5, 0.6) is 0 Å². The summed E-state index contributed by atoms with van der Waals surface area (Å²) in [5.74, 6) is 2.71. The predicted molar refractivity (Wildman–Crippen MR) is 92.5 cm³/mol. The fourth-order valence-electron chi connectivity index (χ4n) is 6.30. The van der Waals surface area contributed by atoms with Crippen molar-refractivity contribution >= 4 is 0 Å². The third kappa shape index (κ3) is 2.36. The third-order valence-corrected chi connectivity index (χ3v) is 8.01. The number of aliphatic hydroxyl groups is 2. The second-order valence-electron chi connectivity index (χ2n) is 9.59. The van der Waals surface area contributed by atoms with Crippen LogP contribution in [-0.2, 0) is 0 Å². The van der Waals surface area contributed by atoms with Crippen LogP contribution in [0.15, 0.2) is 0 Å². The van der Waals surface area contributed by atoms with Crippen LogP contribution < -0.4 is 0 Å². The molecule has 0 aliphatic heterocycles. The summed E-state index contributed by atoms with van der Waals surface area (Å²) in [5, 5.41) is 22.8. The molecule has 2 N–H and O–H groups in total. The number of hydrogen-bond acceptors (Lipinski definition) is 2. The van der Waals surface area contributed by atoms with Crippen LogP contribution in [0, 0.1) is 40.9 Å². The van der Waals surface area contributed by atoms with E-state index in [2.05, 4.69) is 41.5 Å². The second-order valence-corrected chi connectivity index (χ2v) is 9.59. The van der Waals surface area contributed by atoms with Gasteiger partial charge in [0.1, 0.15) is 0 Å². The maximum Gasteiger partial charge on any atom is 0.0984 e. The summed E-state index contributed by atoms with van der Waals surface area (Å²) >= 11 is 0. The molecule has 130 valence electrons. The van der Waals surface area contributed by atoms with Crippen molar-refractivity contribution in [1.29, 1.82) is 0 Å². The van der Waals surface area contributed by atoms with Crippen LogP contribution >= 0.6 is 0 Å². The molecular formula is C20H38O2. The molecule has 0 aromatic carbocycles. The molecule has 2 saturated carbocycles. The Hall–Kier alpha value is -0.0800. The minimum absolute atomic E-state index is 0.112. The zero-order chi connectivity index (χ0) is 17.1. The molecule has 0 aromatic rings. The van der Waals surface area contributed by atoms with E-state index in [4.69, 9.17) is 0 Å². The minimum Gasteiger partial charge on any atom is -0.387 e. The topological polar surface area (TPSA) is 40.5 Å².